The van der Waals surface area contributed by atoms with Crippen LogP contribution in [0, 0.1) is 0 Å². The van der Waals surface area contributed by atoms with Crippen molar-refractivity contribution >= 4 is 29.1 Å². The fraction of sp³-hybridized carbons (Fsp3) is 0.500. The number of anilines is 1. The number of hydrogen-bond acceptors (Lipinski definition) is 3. The van der Waals surface area contributed by atoms with E-state index in [4.69, 9.17) is 11.6 Å². The normalized spacial score (nSPS) is 22.3. The smallest absolute Gasteiger partial charge is 0.256 e. The number of halogens is 1. The summed E-state index contributed by atoms with van der Waals surface area (Å²) in [6.07, 6.45) is 2.34. The van der Waals surface area contributed by atoms with Crippen molar-refractivity contribution in [3.05, 3.63) is 28.8 Å². The van der Waals surface area contributed by atoms with Gasteiger partial charge in [-0.2, -0.15) is 0 Å². The number of aliphatic hydroxyl groups excluding tert-OH is 1. The van der Waals surface area contributed by atoms with E-state index in [0.717, 1.165) is 19.3 Å². The molecule has 1 unspecified atom stereocenters. The van der Waals surface area contributed by atoms with Crippen LogP contribution in [-0.4, -0.2) is 47.6 Å². The Morgan fingerprint density at radius 3 is 2.77 bits per heavy atom. The Morgan fingerprint density at radius 1 is 1.27 bits per heavy atom. The van der Waals surface area contributed by atoms with E-state index in [9.17, 15) is 14.7 Å². The molecular formula is C16H19ClN2O3. The molecule has 5 nitrogen and oxygen atoms in total. The van der Waals surface area contributed by atoms with Crippen molar-refractivity contribution < 1.29 is 14.7 Å². The minimum Gasteiger partial charge on any atom is -0.391 e. The maximum absolute atomic E-state index is 12.8. The average molecular weight is 323 g/mol. The molecule has 0 spiro atoms. The molecule has 2 heterocycles. The number of carbonyl (C=O) groups excluding carboxylic acids is 2. The van der Waals surface area contributed by atoms with Gasteiger partial charge in [0, 0.05) is 31.1 Å². The van der Waals surface area contributed by atoms with Crippen LogP contribution in [0.15, 0.2) is 18.2 Å². The molecule has 2 aliphatic heterocycles. The first-order valence-corrected chi connectivity index (χ1v) is 8.01. The van der Waals surface area contributed by atoms with Crippen molar-refractivity contribution in [3.8, 4) is 0 Å². The maximum Gasteiger partial charge on any atom is 0.256 e. The zero-order valence-electron chi connectivity index (χ0n) is 12.3. The van der Waals surface area contributed by atoms with Gasteiger partial charge in [-0.25, -0.2) is 0 Å². The summed E-state index contributed by atoms with van der Waals surface area (Å²) < 4.78 is 0. The second-order valence-corrected chi connectivity index (χ2v) is 6.29. The first kappa shape index (κ1) is 15.3. The number of piperidine rings is 1. The summed E-state index contributed by atoms with van der Waals surface area (Å²) in [5, 5.41) is 10.3. The van der Waals surface area contributed by atoms with Crippen LogP contribution >= 0.6 is 11.6 Å². The number of hydrogen-bond donors (Lipinski definition) is 1. The molecule has 0 bridgehead atoms. The molecule has 3 rings (SSSR count). The second kappa shape index (κ2) is 6.26. The lowest BCUT2D eigenvalue weighted by Crippen LogP contribution is -2.42. The van der Waals surface area contributed by atoms with Crippen molar-refractivity contribution in [2.45, 2.75) is 31.8 Å². The lowest BCUT2D eigenvalue weighted by molar-refractivity contribution is -0.117. The van der Waals surface area contributed by atoms with Crippen molar-refractivity contribution in [3.63, 3.8) is 0 Å². The highest BCUT2D eigenvalue weighted by Gasteiger charge is 2.29. The van der Waals surface area contributed by atoms with Crippen LogP contribution in [0.3, 0.4) is 0 Å². The quantitative estimate of drug-likeness (QED) is 0.906. The lowest BCUT2D eigenvalue weighted by atomic mass is 10.1. The molecule has 1 atom stereocenters. The van der Waals surface area contributed by atoms with Gasteiger partial charge in [-0.15, -0.1) is 0 Å². The number of likely N-dealkylation sites (tertiary alicyclic amines) is 1. The zero-order chi connectivity index (χ0) is 15.7. The van der Waals surface area contributed by atoms with Gasteiger partial charge >= 0.3 is 0 Å². The minimum absolute atomic E-state index is 0.0231. The zero-order valence-corrected chi connectivity index (χ0v) is 13.1. The number of aliphatic hydroxyl groups is 1. The topological polar surface area (TPSA) is 60.9 Å². The van der Waals surface area contributed by atoms with Crippen molar-refractivity contribution in [2.24, 2.45) is 0 Å². The van der Waals surface area contributed by atoms with Crippen LogP contribution in [-0.2, 0) is 4.79 Å². The van der Waals surface area contributed by atoms with E-state index in [2.05, 4.69) is 0 Å². The van der Waals surface area contributed by atoms with Gasteiger partial charge in [-0.05, 0) is 37.5 Å². The molecule has 1 N–H and O–H groups in total. The Morgan fingerprint density at radius 2 is 2.09 bits per heavy atom. The Labute approximate surface area is 134 Å². The summed E-state index contributed by atoms with van der Waals surface area (Å²) in [7, 11) is 0. The predicted molar refractivity (Wildman–Crippen MR) is 84.2 cm³/mol. The van der Waals surface area contributed by atoms with Crippen LogP contribution < -0.4 is 4.90 Å². The van der Waals surface area contributed by atoms with Gasteiger partial charge in [-0.3, -0.25) is 9.59 Å². The third-order valence-corrected chi connectivity index (χ3v) is 4.47. The summed E-state index contributed by atoms with van der Waals surface area (Å²) in [5.74, 6) is -0.125. The SMILES string of the molecule is O=C(c1ccc(Cl)cc1N1CCCC1=O)N1CCCC(O)C1. The third-order valence-electron chi connectivity index (χ3n) is 4.24. The highest BCUT2D eigenvalue weighted by molar-refractivity contribution is 6.31. The van der Waals surface area contributed by atoms with E-state index >= 15 is 0 Å². The first-order valence-electron chi connectivity index (χ1n) is 7.63. The fourth-order valence-corrected chi connectivity index (χ4v) is 3.29. The van der Waals surface area contributed by atoms with Gasteiger partial charge < -0.3 is 14.9 Å². The van der Waals surface area contributed by atoms with E-state index in [1.807, 2.05) is 0 Å². The number of carbonyl (C=O) groups is 2. The van der Waals surface area contributed by atoms with E-state index < -0.39 is 6.10 Å². The molecular weight excluding hydrogens is 304 g/mol. The first-order chi connectivity index (χ1) is 10.6. The van der Waals surface area contributed by atoms with Crippen molar-refractivity contribution in [1.29, 1.82) is 0 Å². The molecule has 6 heteroatoms. The van der Waals surface area contributed by atoms with Crippen LogP contribution in [0.1, 0.15) is 36.0 Å². The van der Waals surface area contributed by atoms with Crippen molar-refractivity contribution in [1.82, 2.24) is 4.90 Å². The highest BCUT2D eigenvalue weighted by atomic mass is 35.5. The Kier molecular flexibility index (Phi) is 4.36. The molecule has 118 valence electrons. The summed E-state index contributed by atoms with van der Waals surface area (Å²) in [4.78, 5) is 28.1. The molecule has 0 aliphatic carbocycles. The second-order valence-electron chi connectivity index (χ2n) is 5.86. The number of amides is 2. The molecule has 2 amide bonds. The fourth-order valence-electron chi connectivity index (χ4n) is 3.12. The number of rotatable bonds is 2. The summed E-state index contributed by atoms with van der Waals surface area (Å²) in [6, 6.07) is 5.02. The summed E-state index contributed by atoms with van der Waals surface area (Å²) in [6.45, 7) is 1.59. The van der Waals surface area contributed by atoms with Crippen LogP contribution in [0.5, 0.6) is 0 Å². The Balaban J connectivity index is 1.92. The number of benzene rings is 1. The molecule has 2 fully saturated rings. The van der Waals surface area contributed by atoms with Crippen LogP contribution in [0.25, 0.3) is 0 Å². The molecule has 22 heavy (non-hydrogen) atoms. The van der Waals surface area contributed by atoms with E-state index in [1.54, 1.807) is 28.0 Å². The maximum atomic E-state index is 12.8. The van der Waals surface area contributed by atoms with Crippen molar-refractivity contribution in [2.75, 3.05) is 24.5 Å². The Bertz CT molecular complexity index is 605. The predicted octanol–water partition coefficient (Wildman–Crippen LogP) is 2.06. The molecule has 2 aliphatic rings. The third kappa shape index (κ3) is 2.96. The average Bonchev–Trinajstić information content (AvgIpc) is 2.92. The number of β-amino-alcohol motifs (C(OH)–C–C–N with tert-alkyl or cyclic N) is 1. The molecule has 1 aromatic rings. The van der Waals surface area contributed by atoms with E-state index in [0.29, 0.717) is 42.3 Å². The Hall–Kier alpha value is -1.59. The summed E-state index contributed by atoms with van der Waals surface area (Å²) in [5.41, 5.74) is 1.06. The lowest BCUT2D eigenvalue weighted by Gasteiger charge is -2.31. The van der Waals surface area contributed by atoms with Gasteiger partial charge in [0.05, 0.1) is 17.4 Å². The monoisotopic (exact) mass is 322 g/mol. The van der Waals surface area contributed by atoms with Gasteiger partial charge in [0.15, 0.2) is 0 Å². The van der Waals surface area contributed by atoms with E-state index in [1.165, 1.54) is 0 Å². The standard InChI is InChI=1S/C16H19ClN2O3/c17-11-5-6-13(14(9-11)19-8-2-4-15(19)21)16(22)18-7-1-3-12(20)10-18/h5-6,9,12,20H,1-4,7-8,10H2. The van der Waals surface area contributed by atoms with Gasteiger partial charge in [-0.1, -0.05) is 11.6 Å². The minimum atomic E-state index is -0.470. The van der Waals surface area contributed by atoms with Crippen LogP contribution in [0.4, 0.5) is 5.69 Å². The molecule has 2 saturated heterocycles. The molecule has 0 radical (unpaired) electrons. The largest absolute Gasteiger partial charge is 0.391 e. The molecule has 0 saturated carbocycles. The van der Waals surface area contributed by atoms with E-state index in [-0.39, 0.29) is 11.8 Å². The number of nitrogens with zero attached hydrogens (tertiary/aromatic N) is 2. The summed E-state index contributed by atoms with van der Waals surface area (Å²) >= 11 is 6.05. The van der Waals surface area contributed by atoms with Gasteiger partial charge in [0.1, 0.15) is 0 Å². The van der Waals surface area contributed by atoms with Crippen LogP contribution in [0.2, 0.25) is 5.02 Å². The molecule has 0 aromatic heterocycles. The molecule has 1 aromatic carbocycles. The van der Waals surface area contributed by atoms with Gasteiger partial charge in [0.2, 0.25) is 5.91 Å². The van der Waals surface area contributed by atoms with Gasteiger partial charge in [0.25, 0.3) is 5.91 Å². The highest BCUT2D eigenvalue weighted by Crippen LogP contribution is 2.30.